The Labute approximate surface area is 189 Å². The third-order valence-electron chi connectivity index (χ3n) is 5.89. The maximum absolute atomic E-state index is 13.1. The molecule has 7 nitrogen and oxygen atoms in total. The van der Waals surface area contributed by atoms with E-state index in [0.717, 1.165) is 19.3 Å². The number of fused-ring (bicyclic) bond motifs is 1. The fraction of sp³-hybridized carbons (Fsp3) is 0.400. The Kier molecular flexibility index (Phi) is 7.87. The number of benzene rings is 2. The lowest BCUT2D eigenvalue weighted by atomic mass is 9.97. The summed E-state index contributed by atoms with van der Waals surface area (Å²) in [6.45, 7) is 5.81. The minimum absolute atomic E-state index is 0.0346. The zero-order chi connectivity index (χ0) is 23.1. The summed E-state index contributed by atoms with van der Waals surface area (Å²) >= 11 is 0. The molecule has 3 rings (SSSR count). The fourth-order valence-electron chi connectivity index (χ4n) is 3.76. The Balaban J connectivity index is 1.65. The van der Waals surface area contributed by atoms with E-state index >= 15 is 0 Å². The van der Waals surface area contributed by atoms with Gasteiger partial charge in [-0.15, -0.1) is 0 Å². The topological polar surface area (TPSA) is 90.5 Å². The minimum Gasteiger partial charge on any atom is -0.352 e. The van der Waals surface area contributed by atoms with Crippen LogP contribution in [0.1, 0.15) is 39.2 Å². The molecule has 1 aliphatic heterocycles. The second-order valence-electron chi connectivity index (χ2n) is 8.40. The molecular formula is C25H32N4O3. The van der Waals surface area contributed by atoms with Crippen molar-refractivity contribution in [2.24, 2.45) is 5.92 Å². The fourth-order valence-corrected chi connectivity index (χ4v) is 3.76. The third-order valence-corrected chi connectivity index (χ3v) is 5.89. The van der Waals surface area contributed by atoms with Crippen molar-refractivity contribution < 1.29 is 14.4 Å². The average molecular weight is 437 g/mol. The lowest BCUT2D eigenvalue weighted by Crippen LogP contribution is -2.56. The van der Waals surface area contributed by atoms with E-state index in [0.29, 0.717) is 11.4 Å². The van der Waals surface area contributed by atoms with Crippen LogP contribution in [0.15, 0.2) is 54.6 Å². The molecule has 0 saturated carbocycles. The average Bonchev–Trinajstić information content (AvgIpc) is 2.80. The van der Waals surface area contributed by atoms with Crippen LogP contribution >= 0.6 is 0 Å². The van der Waals surface area contributed by atoms with Gasteiger partial charge in [0.1, 0.15) is 12.6 Å². The van der Waals surface area contributed by atoms with E-state index < -0.39 is 12.1 Å². The Bertz CT molecular complexity index is 947. The summed E-state index contributed by atoms with van der Waals surface area (Å²) in [7, 11) is 0. The van der Waals surface area contributed by atoms with Crippen molar-refractivity contribution in [2.45, 2.75) is 52.1 Å². The molecule has 1 heterocycles. The molecule has 0 radical (unpaired) electrons. The molecule has 0 saturated heterocycles. The highest BCUT2D eigenvalue weighted by molar-refractivity contribution is 6.10. The molecular weight excluding hydrogens is 404 g/mol. The maximum atomic E-state index is 13.1. The lowest BCUT2D eigenvalue weighted by Gasteiger charge is -2.32. The quantitative estimate of drug-likeness (QED) is 0.589. The molecule has 4 amide bonds. The molecule has 1 aliphatic rings. The molecule has 0 unspecified atom stereocenters. The summed E-state index contributed by atoms with van der Waals surface area (Å²) < 4.78 is 0. The molecule has 7 heteroatoms. The van der Waals surface area contributed by atoms with Gasteiger partial charge in [0.2, 0.25) is 11.8 Å². The number of aryl methyl sites for hydroxylation is 1. The highest BCUT2D eigenvalue weighted by Crippen LogP contribution is 2.29. The highest BCUT2D eigenvalue weighted by Gasteiger charge is 2.32. The van der Waals surface area contributed by atoms with Crippen molar-refractivity contribution in [1.29, 1.82) is 0 Å². The van der Waals surface area contributed by atoms with Crippen LogP contribution in [0.2, 0.25) is 0 Å². The van der Waals surface area contributed by atoms with Crippen molar-refractivity contribution in [3.05, 3.63) is 60.2 Å². The highest BCUT2D eigenvalue weighted by atomic mass is 16.2. The number of carbonyl (C=O) groups is 3. The zero-order valence-electron chi connectivity index (χ0n) is 18.9. The van der Waals surface area contributed by atoms with Gasteiger partial charge in [0, 0.05) is 6.04 Å². The number of amides is 4. The third kappa shape index (κ3) is 5.87. The van der Waals surface area contributed by atoms with Crippen LogP contribution in [0.25, 0.3) is 0 Å². The Hall–Kier alpha value is -3.35. The monoisotopic (exact) mass is 436 g/mol. The molecule has 170 valence electrons. The molecule has 2 aromatic carbocycles. The van der Waals surface area contributed by atoms with Crippen LogP contribution in [0.4, 0.5) is 16.2 Å². The van der Waals surface area contributed by atoms with E-state index in [1.165, 1.54) is 10.5 Å². The molecule has 32 heavy (non-hydrogen) atoms. The number of hydrogen-bond acceptors (Lipinski definition) is 3. The van der Waals surface area contributed by atoms with Gasteiger partial charge in [-0.2, -0.15) is 0 Å². The first-order valence-electron chi connectivity index (χ1n) is 11.2. The SMILES string of the molecule is CC[C@@H](C)[C@@H](NC(=O)N1CC(=O)Nc2ccccc21)C(=O)N[C@@H](C)CCc1ccccc1. The number of nitrogens with one attached hydrogen (secondary N) is 3. The van der Waals surface area contributed by atoms with E-state index in [-0.39, 0.29) is 30.3 Å². The molecule has 0 spiro atoms. The van der Waals surface area contributed by atoms with Gasteiger partial charge in [0.15, 0.2) is 0 Å². The summed E-state index contributed by atoms with van der Waals surface area (Å²) in [6.07, 6.45) is 2.40. The van der Waals surface area contributed by atoms with Gasteiger partial charge in [-0.1, -0.05) is 62.7 Å². The molecule has 0 aromatic heterocycles. The summed E-state index contributed by atoms with van der Waals surface area (Å²) in [5, 5.41) is 8.69. The van der Waals surface area contributed by atoms with E-state index in [1.54, 1.807) is 18.2 Å². The van der Waals surface area contributed by atoms with Crippen molar-refractivity contribution >= 4 is 29.2 Å². The Morgan fingerprint density at radius 2 is 1.72 bits per heavy atom. The number of carbonyl (C=O) groups excluding carboxylic acids is 3. The molecule has 0 bridgehead atoms. The first kappa shape index (κ1) is 23.3. The van der Waals surface area contributed by atoms with Crippen molar-refractivity contribution in [2.75, 3.05) is 16.8 Å². The van der Waals surface area contributed by atoms with Crippen LogP contribution in [-0.2, 0) is 16.0 Å². The van der Waals surface area contributed by atoms with E-state index in [4.69, 9.17) is 0 Å². The van der Waals surface area contributed by atoms with Gasteiger partial charge in [-0.25, -0.2) is 4.79 Å². The van der Waals surface area contributed by atoms with Gasteiger partial charge in [0.05, 0.1) is 11.4 Å². The second kappa shape index (κ2) is 10.8. The maximum Gasteiger partial charge on any atom is 0.323 e. The smallest absolute Gasteiger partial charge is 0.323 e. The first-order chi connectivity index (χ1) is 15.4. The number of nitrogens with zero attached hydrogens (tertiary/aromatic N) is 1. The normalized spacial score (nSPS) is 15.7. The van der Waals surface area contributed by atoms with E-state index in [2.05, 4.69) is 28.1 Å². The molecule has 3 atom stereocenters. The molecule has 3 N–H and O–H groups in total. The van der Waals surface area contributed by atoms with Crippen molar-refractivity contribution in [3.63, 3.8) is 0 Å². The number of urea groups is 1. The van der Waals surface area contributed by atoms with Gasteiger partial charge in [-0.05, 0) is 43.4 Å². The largest absolute Gasteiger partial charge is 0.352 e. The van der Waals surface area contributed by atoms with E-state index in [9.17, 15) is 14.4 Å². The van der Waals surface area contributed by atoms with Gasteiger partial charge >= 0.3 is 6.03 Å². The summed E-state index contributed by atoms with van der Waals surface area (Å²) in [5.41, 5.74) is 2.42. The molecule has 0 fully saturated rings. The minimum atomic E-state index is -0.691. The molecule has 0 aliphatic carbocycles. The van der Waals surface area contributed by atoms with Crippen LogP contribution in [0.5, 0.6) is 0 Å². The number of hydrogen-bond donors (Lipinski definition) is 3. The zero-order valence-corrected chi connectivity index (χ0v) is 18.9. The van der Waals surface area contributed by atoms with Gasteiger partial charge < -0.3 is 16.0 Å². The van der Waals surface area contributed by atoms with Crippen LogP contribution in [0.3, 0.4) is 0 Å². The number of rotatable bonds is 8. The number of anilines is 2. The van der Waals surface area contributed by atoms with Gasteiger partial charge in [-0.3, -0.25) is 14.5 Å². The van der Waals surface area contributed by atoms with Crippen molar-refractivity contribution in [1.82, 2.24) is 10.6 Å². The van der Waals surface area contributed by atoms with Crippen LogP contribution in [-0.4, -0.2) is 36.5 Å². The lowest BCUT2D eigenvalue weighted by molar-refractivity contribution is -0.124. The Morgan fingerprint density at radius 1 is 1.03 bits per heavy atom. The number of para-hydroxylation sites is 2. The first-order valence-corrected chi connectivity index (χ1v) is 11.2. The second-order valence-corrected chi connectivity index (χ2v) is 8.40. The van der Waals surface area contributed by atoms with Crippen molar-refractivity contribution in [3.8, 4) is 0 Å². The summed E-state index contributed by atoms with van der Waals surface area (Å²) in [5.74, 6) is -0.532. The predicted octanol–water partition coefficient (Wildman–Crippen LogP) is 3.71. The predicted molar refractivity (Wildman–Crippen MR) is 127 cm³/mol. The standard InChI is InChI=1S/C25H32N4O3/c1-4-17(2)23(24(31)26-18(3)14-15-19-10-6-5-7-11-19)28-25(32)29-16-22(30)27-20-12-8-9-13-21(20)29/h5-13,17-18,23H,4,14-16H2,1-3H3,(H,26,31)(H,27,30)(H,28,32)/t17-,18+,23-/m1/s1. The molecule has 2 aromatic rings. The van der Waals surface area contributed by atoms with Crippen LogP contribution in [0, 0.1) is 5.92 Å². The van der Waals surface area contributed by atoms with Crippen LogP contribution < -0.4 is 20.9 Å². The summed E-state index contributed by atoms with van der Waals surface area (Å²) in [4.78, 5) is 39.6. The summed E-state index contributed by atoms with van der Waals surface area (Å²) in [6, 6.07) is 16.1. The Morgan fingerprint density at radius 3 is 2.44 bits per heavy atom. The van der Waals surface area contributed by atoms with Gasteiger partial charge in [0.25, 0.3) is 0 Å². The van der Waals surface area contributed by atoms with E-state index in [1.807, 2.05) is 45.0 Å².